The van der Waals surface area contributed by atoms with E-state index in [1.807, 2.05) is 0 Å². The number of benzene rings is 1. The highest BCUT2D eigenvalue weighted by molar-refractivity contribution is 5.48. The SMILES string of the molecule is CCCCCC(O)C#CCCCCCCC#Cc1ccc(O)cc1O. The zero-order valence-electron chi connectivity index (χ0n) is 15.2. The van der Waals surface area contributed by atoms with Crippen molar-refractivity contribution in [2.45, 2.75) is 77.2 Å². The van der Waals surface area contributed by atoms with Gasteiger partial charge in [-0.25, -0.2) is 0 Å². The van der Waals surface area contributed by atoms with Crippen molar-refractivity contribution < 1.29 is 15.3 Å². The van der Waals surface area contributed by atoms with E-state index in [0.29, 0.717) is 5.56 Å². The zero-order chi connectivity index (χ0) is 18.3. The first-order chi connectivity index (χ1) is 12.1. The molecule has 1 aromatic carbocycles. The number of phenolic OH excluding ortho intramolecular Hbond substituents is 2. The lowest BCUT2D eigenvalue weighted by atomic mass is 10.1. The Morgan fingerprint density at radius 2 is 1.64 bits per heavy atom. The van der Waals surface area contributed by atoms with Crippen molar-refractivity contribution in [2.24, 2.45) is 0 Å². The Labute approximate surface area is 152 Å². The summed E-state index contributed by atoms with van der Waals surface area (Å²) >= 11 is 0. The molecule has 1 aromatic rings. The quantitative estimate of drug-likeness (QED) is 0.449. The van der Waals surface area contributed by atoms with Crippen LogP contribution in [0.3, 0.4) is 0 Å². The Morgan fingerprint density at radius 1 is 0.920 bits per heavy atom. The number of phenols is 2. The number of rotatable bonds is 9. The third-order valence-corrected chi connectivity index (χ3v) is 3.91. The van der Waals surface area contributed by atoms with E-state index in [2.05, 4.69) is 30.6 Å². The second-order valence-electron chi connectivity index (χ2n) is 6.25. The van der Waals surface area contributed by atoms with E-state index < -0.39 is 6.10 Å². The van der Waals surface area contributed by atoms with Gasteiger partial charge in [-0.1, -0.05) is 50.4 Å². The molecule has 0 aliphatic rings. The summed E-state index contributed by atoms with van der Waals surface area (Å²) in [4.78, 5) is 0. The highest BCUT2D eigenvalue weighted by atomic mass is 16.3. The van der Waals surface area contributed by atoms with Crippen LogP contribution in [0.1, 0.15) is 76.7 Å². The van der Waals surface area contributed by atoms with Gasteiger partial charge in [0, 0.05) is 18.9 Å². The Morgan fingerprint density at radius 3 is 2.32 bits per heavy atom. The Hall–Kier alpha value is -2.10. The average Bonchev–Trinajstić information content (AvgIpc) is 2.58. The summed E-state index contributed by atoms with van der Waals surface area (Å²) in [6, 6.07) is 4.43. The van der Waals surface area contributed by atoms with Crippen LogP contribution in [0.2, 0.25) is 0 Å². The second-order valence-corrected chi connectivity index (χ2v) is 6.25. The first kappa shape index (κ1) is 20.9. The van der Waals surface area contributed by atoms with E-state index in [9.17, 15) is 15.3 Å². The second kappa shape index (κ2) is 13.2. The summed E-state index contributed by atoms with van der Waals surface area (Å²) in [6.07, 6.45) is 9.65. The minimum absolute atomic E-state index is 0.0166. The van der Waals surface area contributed by atoms with Crippen LogP contribution in [0.15, 0.2) is 18.2 Å². The molecule has 0 spiro atoms. The van der Waals surface area contributed by atoms with Gasteiger partial charge in [-0.2, -0.15) is 0 Å². The zero-order valence-corrected chi connectivity index (χ0v) is 15.2. The molecular formula is C22H30O3. The highest BCUT2D eigenvalue weighted by Crippen LogP contribution is 2.21. The molecule has 0 heterocycles. The Kier molecular flexibility index (Phi) is 11.1. The lowest BCUT2D eigenvalue weighted by molar-refractivity contribution is 0.217. The molecule has 3 nitrogen and oxygen atoms in total. The van der Waals surface area contributed by atoms with Crippen LogP contribution >= 0.6 is 0 Å². The fourth-order valence-electron chi connectivity index (χ4n) is 2.41. The minimum Gasteiger partial charge on any atom is -0.508 e. The van der Waals surface area contributed by atoms with E-state index in [0.717, 1.165) is 57.8 Å². The maximum atomic E-state index is 9.68. The number of hydrogen-bond donors (Lipinski definition) is 3. The molecule has 0 bridgehead atoms. The topological polar surface area (TPSA) is 60.7 Å². The molecule has 3 heteroatoms. The number of aliphatic hydroxyl groups is 1. The summed E-state index contributed by atoms with van der Waals surface area (Å²) in [5, 5.41) is 28.5. The van der Waals surface area contributed by atoms with E-state index in [1.54, 1.807) is 6.07 Å². The molecule has 1 rings (SSSR count). The summed E-state index contributed by atoms with van der Waals surface area (Å²) in [7, 11) is 0. The fourth-order valence-corrected chi connectivity index (χ4v) is 2.41. The molecule has 0 radical (unpaired) electrons. The largest absolute Gasteiger partial charge is 0.508 e. The van der Waals surface area contributed by atoms with Crippen LogP contribution in [0.25, 0.3) is 0 Å². The molecule has 1 atom stereocenters. The van der Waals surface area contributed by atoms with Crippen LogP contribution < -0.4 is 0 Å². The average molecular weight is 342 g/mol. The van der Waals surface area contributed by atoms with Gasteiger partial charge in [-0.15, -0.1) is 5.92 Å². The lowest BCUT2D eigenvalue weighted by Crippen LogP contribution is -2.01. The summed E-state index contributed by atoms with van der Waals surface area (Å²) in [5.41, 5.74) is 0.547. The van der Waals surface area contributed by atoms with Crippen LogP contribution in [-0.2, 0) is 0 Å². The van der Waals surface area contributed by atoms with Crippen molar-refractivity contribution >= 4 is 0 Å². The van der Waals surface area contributed by atoms with Crippen LogP contribution in [0.4, 0.5) is 0 Å². The van der Waals surface area contributed by atoms with Gasteiger partial charge < -0.3 is 15.3 Å². The Bertz CT molecular complexity index is 614. The van der Waals surface area contributed by atoms with Gasteiger partial charge in [0.25, 0.3) is 0 Å². The molecule has 0 amide bonds. The Balaban J connectivity index is 2.07. The van der Waals surface area contributed by atoms with E-state index in [1.165, 1.54) is 18.6 Å². The number of aromatic hydroxyl groups is 2. The summed E-state index contributed by atoms with van der Waals surface area (Å²) in [6.45, 7) is 2.15. The normalized spacial score (nSPS) is 11.1. The molecule has 0 saturated carbocycles. The molecule has 0 saturated heterocycles. The van der Waals surface area contributed by atoms with Crippen molar-refractivity contribution in [3.8, 4) is 35.2 Å². The maximum absolute atomic E-state index is 9.68. The van der Waals surface area contributed by atoms with Gasteiger partial charge >= 0.3 is 0 Å². The van der Waals surface area contributed by atoms with Crippen LogP contribution in [0, 0.1) is 23.7 Å². The van der Waals surface area contributed by atoms with Gasteiger partial charge in [-0.3, -0.25) is 0 Å². The first-order valence-corrected chi connectivity index (χ1v) is 9.30. The standard InChI is InChI=1S/C22H30O3/c1-2-3-10-14-20(23)15-12-9-7-5-4-6-8-11-13-19-16-17-21(24)18-22(19)25/h16-18,20,23-25H,2-10,14H2,1H3. The third-order valence-electron chi connectivity index (χ3n) is 3.91. The molecular weight excluding hydrogens is 312 g/mol. The summed E-state index contributed by atoms with van der Waals surface area (Å²) < 4.78 is 0. The van der Waals surface area contributed by atoms with Crippen molar-refractivity contribution in [1.29, 1.82) is 0 Å². The predicted octanol–water partition coefficient (Wildman–Crippen LogP) is 4.73. The van der Waals surface area contributed by atoms with Crippen LogP contribution in [0.5, 0.6) is 11.5 Å². The third kappa shape index (κ3) is 10.4. The molecule has 0 aliphatic carbocycles. The molecule has 1 unspecified atom stereocenters. The smallest absolute Gasteiger partial charge is 0.134 e. The predicted molar refractivity (Wildman–Crippen MR) is 102 cm³/mol. The number of aliphatic hydroxyl groups excluding tert-OH is 1. The minimum atomic E-state index is -0.460. The molecule has 0 fully saturated rings. The van der Waals surface area contributed by atoms with E-state index in [-0.39, 0.29) is 11.5 Å². The molecule has 0 aromatic heterocycles. The van der Waals surface area contributed by atoms with Gasteiger partial charge in [0.2, 0.25) is 0 Å². The van der Waals surface area contributed by atoms with Gasteiger partial charge in [0.15, 0.2) is 0 Å². The first-order valence-electron chi connectivity index (χ1n) is 9.30. The number of unbranched alkanes of at least 4 members (excludes halogenated alkanes) is 7. The molecule has 25 heavy (non-hydrogen) atoms. The van der Waals surface area contributed by atoms with Gasteiger partial charge in [-0.05, 0) is 37.8 Å². The van der Waals surface area contributed by atoms with Crippen molar-refractivity contribution in [1.82, 2.24) is 0 Å². The molecule has 0 aliphatic heterocycles. The number of hydrogen-bond acceptors (Lipinski definition) is 3. The molecule has 136 valence electrons. The van der Waals surface area contributed by atoms with Gasteiger partial charge in [0.05, 0.1) is 5.56 Å². The molecule has 3 N–H and O–H groups in total. The van der Waals surface area contributed by atoms with Crippen molar-refractivity contribution in [3.05, 3.63) is 23.8 Å². The van der Waals surface area contributed by atoms with Crippen molar-refractivity contribution in [3.63, 3.8) is 0 Å². The van der Waals surface area contributed by atoms with E-state index >= 15 is 0 Å². The highest BCUT2D eigenvalue weighted by Gasteiger charge is 1.98. The lowest BCUT2D eigenvalue weighted by Gasteiger charge is -2.01. The fraction of sp³-hybridized carbons (Fsp3) is 0.545. The van der Waals surface area contributed by atoms with Gasteiger partial charge in [0.1, 0.15) is 17.6 Å². The summed E-state index contributed by atoms with van der Waals surface area (Å²) in [5.74, 6) is 12.0. The van der Waals surface area contributed by atoms with Crippen LogP contribution in [-0.4, -0.2) is 21.4 Å². The van der Waals surface area contributed by atoms with Crippen molar-refractivity contribution in [2.75, 3.05) is 0 Å². The maximum Gasteiger partial charge on any atom is 0.134 e. The van der Waals surface area contributed by atoms with E-state index in [4.69, 9.17) is 0 Å². The monoisotopic (exact) mass is 342 g/mol.